The lowest BCUT2D eigenvalue weighted by molar-refractivity contribution is 0.597. The second-order valence-electron chi connectivity index (χ2n) is 5.62. The van der Waals surface area contributed by atoms with Gasteiger partial charge in [0, 0.05) is 30.7 Å². The topological polar surface area (TPSA) is 54.2 Å². The maximum atomic E-state index is 12.9. The van der Waals surface area contributed by atoms with Crippen molar-refractivity contribution in [1.82, 2.24) is 20.4 Å². The molecule has 0 spiro atoms. The molecular formula is C18H27FIN5S. The molecule has 0 amide bonds. The highest BCUT2D eigenvalue weighted by Crippen LogP contribution is 2.18. The van der Waals surface area contributed by atoms with Gasteiger partial charge in [-0.1, -0.05) is 0 Å². The summed E-state index contributed by atoms with van der Waals surface area (Å²) in [6, 6.07) is 6.61. The molecule has 8 heteroatoms. The van der Waals surface area contributed by atoms with E-state index in [1.54, 1.807) is 11.8 Å². The highest BCUT2D eigenvalue weighted by Gasteiger charge is 1.99. The predicted octanol–water partition coefficient (Wildman–Crippen LogP) is 3.69. The second-order valence-corrected chi connectivity index (χ2v) is 6.79. The molecule has 5 nitrogen and oxygen atoms in total. The van der Waals surface area contributed by atoms with Gasteiger partial charge in [-0.15, -0.1) is 35.7 Å². The van der Waals surface area contributed by atoms with Crippen molar-refractivity contribution in [3.05, 3.63) is 48.0 Å². The third kappa shape index (κ3) is 8.88. The lowest BCUT2D eigenvalue weighted by Crippen LogP contribution is -2.39. The SMILES string of the molecule is CCNC(=NCCCSc1ccc(F)cc1)NCCn1cc(C)cn1.I. The van der Waals surface area contributed by atoms with Crippen LogP contribution in [0.2, 0.25) is 0 Å². The normalized spacial score (nSPS) is 11.1. The zero-order valence-electron chi connectivity index (χ0n) is 15.2. The van der Waals surface area contributed by atoms with Crippen LogP contribution < -0.4 is 10.6 Å². The first kappa shape index (κ1) is 22.8. The van der Waals surface area contributed by atoms with E-state index in [1.165, 1.54) is 17.7 Å². The Hall–Kier alpha value is -1.29. The fourth-order valence-corrected chi connectivity index (χ4v) is 3.03. The molecule has 0 radical (unpaired) electrons. The smallest absolute Gasteiger partial charge is 0.191 e. The van der Waals surface area contributed by atoms with Gasteiger partial charge in [-0.25, -0.2) is 4.39 Å². The van der Waals surface area contributed by atoms with E-state index in [9.17, 15) is 4.39 Å². The molecule has 2 N–H and O–H groups in total. The average Bonchev–Trinajstić information content (AvgIpc) is 3.01. The number of rotatable bonds is 9. The van der Waals surface area contributed by atoms with Crippen molar-refractivity contribution in [3.8, 4) is 0 Å². The van der Waals surface area contributed by atoms with E-state index in [2.05, 4.69) is 27.6 Å². The molecule has 1 aromatic heterocycles. The predicted molar refractivity (Wildman–Crippen MR) is 118 cm³/mol. The number of halogens is 2. The maximum Gasteiger partial charge on any atom is 0.191 e. The number of aromatic nitrogens is 2. The van der Waals surface area contributed by atoms with E-state index in [0.29, 0.717) is 0 Å². The fraction of sp³-hybridized carbons (Fsp3) is 0.444. The van der Waals surface area contributed by atoms with Crippen LogP contribution in [0.4, 0.5) is 4.39 Å². The molecule has 26 heavy (non-hydrogen) atoms. The molecule has 0 aliphatic carbocycles. The molecule has 0 unspecified atom stereocenters. The Labute approximate surface area is 176 Å². The van der Waals surface area contributed by atoms with E-state index >= 15 is 0 Å². The summed E-state index contributed by atoms with van der Waals surface area (Å²) in [6.45, 7) is 7.25. The minimum atomic E-state index is -0.194. The zero-order valence-corrected chi connectivity index (χ0v) is 18.4. The van der Waals surface area contributed by atoms with Gasteiger partial charge >= 0.3 is 0 Å². The Balaban J connectivity index is 0.00000338. The van der Waals surface area contributed by atoms with Crippen molar-refractivity contribution < 1.29 is 4.39 Å². The Morgan fingerprint density at radius 2 is 2.04 bits per heavy atom. The van der Waals surface area contributed by atoms with Crippen LogP contribution in [0.1, 0.15) is 18.9 Å². The number of aliphatic imine (C=N–C) groups is 1. The van der Waals surface area contributed by atoms with Gasteiger partial charge in [0.1, 0.15) is 5.82 Å². The monoisotopic (exact) mass is 491 g/mol. The summed E-state index contributed by atoms with van der Waals surface area (Å²) in [5.74, 6) is 1.60. The highest BCUT2D eigenvalue weighted by atomic mass is 127. The first-order chi connectivity index (χ1) is 12.2. The fourth-order valence-electron chi connectivity index (χ4n) is 2.20. The van der Waals surface area contributed by atoms with Crippen LogP contribution in [0, 0.1) is 12.7 Å². The van der Waals surface area contributed by atoms with Gasteiger partial charge in [-0.2, -0.15) is 5.10 Å². The first-order valence-corrected chi connectivity index (χ1v) is 9.55. The maximum absolute atomic E-state index is 12.9. The molecule has 0 bridgehead atoms. The summed E-state index contributed by atoms with van der Waals surface area (Å²) < 4.78 is 14.8. The minimum absolute atomic E-state index is 0. The van der Waals surface area contributed by atoms with Gasteiger partial charge in [-0.05, 0) is 55.9 Å². The standard InChI is InChI=1S/C18H26FN5S.HI/c1-3-20-18(22-10-11-24-14-15(2)13-23-24)21-9-4-12-25-17-7-5-16(19)6-8-17;/h5-8,13-14H,3-4,9-12H2,1-2H3,(H2,20,21,22);1H. The molecule has 0 fully saturated rings. The number of guanidine groups is 1. The number of nitrogens with one attached hydrogen (secondary N) is 2. The number of aryl methyl sites for hydroxylation is 1. The molecule has 0 aliphatic rings. The van der Waals surface area contributed by atoms with E-state index in [1.807, 2.05) is 36.1 Å². The van der Waals surface area contributed by atoms with Crippen LogP contribution >= 0.6 is 35.7 Å². The Kier molecular flexibility index (Phi) is 11.3. The summed E-state index contributed by atoms with van der Waals surface area (Å²) in [7, 11) is 0. The Bertz CT molecular complexity index is 660. The largest absolute Gasteiger partial charge is 0.357 e. The summed E-state index contributed by atoms with van der Waals surface area (Å²) in [4.78, 5) is 5.67. The number of thioether (sulfide) groups is 1. The van der Waals surface area contributed by atoms with E-state index in [0.717, 1.165) is 49.2 Å². The van der Waals surface area contributed by atoms with Crippen LogP contribution in [-0.4, -0.2) is 41.1 Å². The van der Waals surface area contributed by atoms with Gasteiger partial charge in [0.25, 0.3) is 0 Å². The summed E-state index contributed by atoms with van der Waals surface area (Å²) in [5, 5.41) is 10.8. The molecule has 0 saturated carbocycles. The van der Waals surface area contributed by atoms with Gasteiger partial charge < -0.3 is 10.6 Å². The van der Waals surface area contributed by atoms with Crippen molar-refractivity contribution in [2.75, 3.05) is 25.4 Å². The van der Waals surface area contributed by atoms with Crippen LogP contribution in [0.25, 0.3) is 0 Å². The summed E-state index contributed by atoms with van der Waals surface area (Å²) >= 11 is 1.72. The van der Waals surface area contributed by atoms with E-state index in [-0.39, 0.29) is 29.8 Å². The number of hydrogen-bond donors (Lipinski definition) is 2. The lowest BCUT2D eigenvalue weighted by Gasteiger charge is -2.11. The van der Waals surface area contributed by atoms with Crippen molar-refractivity contribution in [2.45, 2.75) is 31.7 Å². The van der Waals surface area contributed by atoms with Crippen molar-refractivity contribution >= 4 is 41.7 Å². The molecular weight excluding hydrogens is 464 g/mol. The van der Waals surface area contributed by atoms with Crippen LogP contribution in [0.3, 0.4) is 0 Å². The second kappa shape index (κ2) is 13.0. The molecule has 0 saturated heterocycles. The number of benzene rings is 1. The molecule has 2 aromatic rings. The summed E-state index contributed by atoms with van der Waals surface area (Å²) in [6.07, 6.45) is 4.85. The lowest BCUT2D eigenvalue weighted by atomic mass is 10.4. The number of hydrogen-bond acceptors (Lipinski definition) is 3. The van der Waals surface area contributed by atoms with E-state index < -0.39 is 0 Å². The van der Waals surface area contributed by atoms with Crippen molar-refractivity contribution in [3.63, 3.8) is 0 Å². The molecule has 0 aliphatic heterocycles. The third-order valence-electron chi connectivity index (χ3n) is 3.39. The van der Waals surface area contributed by atoms with Crippen LogP contribution in [0.15, 0.2) is 46.5 Å². The minimum Gasteiger partial charge on any atom is -0.357 e. The number of nitrogens with zero attached hydrogens (tertiary/aromatic N) is 3. The van der Waals surface area contributed by atoms with Crippen LogP contribution in [0.5, 0.6) is 0 Å². The van der Waals surface area contributed by atoms with Crippen molar-refractivity contribution in [1.29, 1.82) is 0 Å². The van der Waals surface area contributed by atoms with Gasteiger partial charge in [0.15, 0.2) is 5.96 Å². The highest BCUT2D eigenvalue weighted by molar-refractivity contribution is 14.0. The quantitative estimate of drug-likeness (QED) is 0.185. The third-order valence-corrected chi connectivity index (χ3v) is 4.49. The van der Waals surface area contributed by atoms with Crippen LogP contribution in [-0.2, 0) is 6.54 Å². The molecule has 2 rings (SSSR count). The summed E-state index contributed by atoms with van der Waals surface area (Å²) in [5.41, 5.74) is 1.17. The van der Waals surface area contributed by atoms with Crippen molar-refractivity contribution in [2.24, 2.45) is 4.99 Å². The Morgan fingerprint density at radius 1 is 1.27 bits per heavy atom. The zero-order chi connectivity index (χ0) is 17.9. The van der Waals surface area contributed by atoms with Gasteiger partial charge in [0.2, 0.25) is 0 Å². The molecule has 0 atom stereocenters. The van der Waals surface area contributed by atoms with Gasteiger partial charge in [-0.3, -0.25) is 9.67 Å². The Morgan fingerprint density at radius 3 is 2.69 bits per heavy atom. The average molecular weight is 491 g/mol. The van der Waals surface area contributed by atoms with E-state index in [4.69, 9.17) is 0 Å². The molecule has 144 valence electrons. The van der Waals surface area contributed by atoms with Gasteiger partial charge in [0.05, 0.1) is 12.7 Å². The molecule has 1 aromatic carbocycles. The molecule has 1 heterocycles. The first-order valence-electron chi connectivity index (χ1n) is 8.57.